The van der Waals surface area contributed by atoms with Crippen LogP contribution in [0.5, 0.6) is 0 Å². The van der Waals surface area contributed by atoms with Crippen LogP contribution in [0.4, 0.5) is 0 Å². The Morgan fingerprint density at radius 1 is 1.07 bits per heavy atom. The summed E-state index contributed by atoms with van der Waals surface area (Å²) in [6, 6.07) is 0. The number of hydrogen-bond acceptors (Lipinski definition) is 9. The van der Waals surface area contributed by atoms with Gasteiger partial charge >= 0.3 is 11.9 Å². The lowest BCUT2D eigenvalue weighted by atomic mass is 9.42. The third kappa shape index (κ3) is 4.72. The van der Waals surface area contributed by atoms with Crippen LogP contribution in [-0.2, 0) is 23.9 Å². The molecule has 1 aromatic heterocycles. The number of rotatable bonds is 7. The molecule has 4 aliphatic carbocycles. The molecule has 3 fully saturated rings. The van der Waals surface area contributed by atoms with Gasteiger partial charge in [-0.25, -0.2) is 14.6 Å². The van der Waals surface area contributed by atoms with Crippen molar-refractivity contribution in [3.05, 3.63) is 48.1 Å². The van der Waals surface area contributed by atoms with Crippen LogP contribution in [0.3, 0.4) is 0 Å². The van der Waals surface area contributed by atoms with Crippen LogP contribution in [-0.4, -0.2) is 71.6 Å². The molecule has 1 aromatic rings. The SMILES string of the molecule is CC(=O)[C@]1(O)CC[C@@]2(O)[C@]1(C)[C@H](OC(=O)/C=C(\C)C(C)C)C[C@@H]1[C@@]3(C)CC[C@H](OC(=O)/C=C/n4ccnc4)CC3=CC[C@]12O. The second-order valence-electron chi connectivity index (χ2n) is 14.1. The number of carbonyl (C=O) groups excluding carboxylic acids is 3. The lowest BCUT2D eigenvalue weighted by Gasteiger charge is -2.67. The molecule has 240 valence electrons. The van der Waals surface area contributed by atoms with Crippen molar-refractivity contribution in [1.82, 2.24) is 9.55 Å². The standard InChI is InChI=1S/C34H46N2O8/c1-21(2)22(3)17-29(39)44-27-19-26-30(5)10-8-25(43-28(38)9-15-36-16-14-35-20-36)18-24(30)7-11-33(26,41)34(42)13-12-32(40,23(4)37)31(27,34)6/h7,9,14-17,20-21,25-27,40-42H,8,10-13,18-19H2,1-6H3/b15-9+,22-17+/t25-,26+,27+,30-,31+,32+,33-,34+/m0/s1. The van der Waals surface area contributed by atoms with Crippen molar-refractivity contribution in [1.29, 1.82) is 0 Å². The molecule has 0 amide bonds. The lowest BCUT2D eigenvalue weighted by molar-refractivity contribution is -0.314. The van der Waals surface area contributed by atoms with E-state index in [0.29, 0.717) is 19.3 Å². The predicted molar refractivity (Wildman–Crippen MR) is 162 cm³/mol. The van der Waals surface area contributed by atoms with E-state index in [4.69, 9.17) is 9.47 Å². The fourth-order valence-corrected chi connectivity index (χ4v) is 8.69. The van der Waals surface area contributed by atoms with E-state index in [1.54, 1.807) is 36.4 Å². The normalized spacial score (nSPS) is 40.2. The van der Waals surface area contributed by atoms with Gasteiger partial charge in [0.05, 0.1) is 11.7 Å². The van der Waals surface area contributed by atoms with Gasteiger partial charge in [0.1, 0.15) is 29.0 Å². The van der Waals surface area contributed by atoms with Gasteiger partial charge in [-0.2, -0.15) is 0 Å². The summed E-state index contributed by atoms with van der Waals surface area (Å²) < 4.78 is 13.5. The number of allylic oxidation sites excluding steroid dienone is 1. The minimum Gasteiger partial charge on any atom is -0.459 e. The highest BCUT2D eigenvalue weighted by Crippen LogP contribution is 2.71. The first-order chi connectivity index (χ1) is 20.5. The van der Waals surface area contributed by atoms with Crippen molar-refractivity contribution in [2.24, 2.45) is 22.7 Å². The second kappa shape index (κ2) is 11.1. The van der Waals surface area contributed by atoms with Crippen LogP contribution in [0.25, 0.3) is 6.20 Å². The largest absolute Gasteiger partial charge is 0.459 e. The molecule has 0 unspecified atom stereocenters. The molecule has 3 saturated carbocycles. The summed E-state index contributed by atoms with van der Waals surface area (Å²) in [5.41, 5.74) is -6.03. The molecule has 44 heavy (non-hydrogen) atoms. The van der Waals surface area contributed by atoms with Gasteiger partial charge in [-0.15, -0.1) is 0 Å². The van der Waals surface area contributed by atoms with E-state index in [0.717, 1.165) is 11.1 Å². The van der Waals surface area contributed by atoms with Crippen LogP contribution in [0, 0.1) is 22.7 Å². The Hall–Kier alpha value is -3.08. The topological polar surface area (TPSA) is 148 Å². The summed E-state index contributed by atoms with van der Waals surface area (Å²) in [7, 11) is 0. The maximum Gasteiger partial charge on any atom is 0.332 e. The first kappa shape index (κ1) is 32.3. The Balaban J connectivity index is 1.47. The molecule has 8 atom stereocenters. The number of ether oxygens (including phenoxy) is 2. The average Bonchev–Trinajstić information content (AvgIpc) is 3.56. The predicted octanol–water partition coefficient (Wildman–Crippen LogP) is 3.90. The highest BCUT2D eigenvalue weighted by Gasteiger charge is 2.81. The van der Waals surface area contributed by atoms with E-state index in [2.05, 4.69) is 4.98 Å². The fourth-order valence-electron chi connectivity index (χ4n) is 8.69. The molecule has 0 radical (unpaired) electrons. The van der Waals surface area contributed by atoms with Crippen molar-refractivity contribution in [2.45, 2.75) is 115 Å². The Morgan fingerprint density at radius 2 is 1.80 bits per heavy atom. The number of Topliss-reactive ketones (excluding diaryl/α,β-unsaturated/α-hetero) is 1. The van der Waals surface area contributed by atoms with Gasteiger partial charge in [-0.1, -0.05) is 38.0 Å². The first-order valence-corrected chi connectivity index (χ1v) is 15.6. The maximum absolute atomic E-state index is 13.2. The molecule has 5 rings (SSSR count). The van der Waals surface area contributed by atoms with Crippen LogP contribution in [0.1, 0.15) is 86.5 Å². The summed E-state index contributed by atoms with van der Waals surface area (Å²) in [5.74, 6) is -2.04. The van der Waals surface area contributed by atoms with Crippen molar-refractivity contribution >= 4 is 23.9 Å². The quantitative estimate of drug-likeness (QED) is 0.237. The van der Waals surface area contributed by atoms with Crippen LogP contribution in [0.2, 0.25) is 0 Å². The monoisotopic (exact) mass is 610 g/mol. The third-order valence-corrected chi connectivity index (χ3v) is 11.8. The van der Waals surface area contributed by atoms with Crippen molar-refractivity contribution in [3.8, 4) is 0 Å². The Bertz CT molecular complexity index is 1410. The number of nitrogens with zero attached hydrogens (tertiary/aromatic N) is 2. The summed E-state index contributed by atoms with van der Waals surface area (Å²) in [6.45, 7) is 10.7. The number of aromatic nitrogens is 2. The van der Waals surface area contributed by atoms with Crippen molar-refractivity contribution in [2.75, 3.05) is 0 Å². The van der Waals surface area contributed by atoms with E-state index < -0.39 is 57.4 Å². The smallest absolute Gasteiger partial charge is 0.332 e. The maximum atomic E-state index is 13.2. The van der Waals surface area contributed by atoms with E-state index in [1.807, 2.05) is 33.8 Å². The van der Waals surface area contributed by atoms with Gasteiger partial charge in [-0.3, -0.25) is 4.79 Å². The highest BCUT2D eigenvalue weighted by atomic mass is 16.6. The second-order valence-corrected chi connectivity index (χ2v) is 14.1. The van der Waals surface area contributed by atoms with Gasteiger partial charge in [0.15, 0.2) is 5.78 Å². The molecular weight excluding hydrogens is 564 g/mol. The molecule has 3 N–H and O–H groups in total. The Kier molecular flexibility index (Phi) is 8.13. The number of fused-ring (bicyclic) bond motifs is 5. The van der Waals surface area contributed by atoms with Gasteiger partial charge in [0.25, 0.3) is 0 Å². The fraction of sp³-hybridized carbons (Fsp3) is 0.647. The Morgan fingerprint density at radius 3 is 2.43 bits per heavy atom. The molecular formula is C34H46N2O8. The number of esters is 2. The molecule has 0 bridgehead atoms. The van der Waals surface area contributed by atoms with Crippen LogP contribution >= 0.6 is 0 Å². The molecule has 0 aliphatic heterocycles. The number of hydrogen-bond donors (Lipinski definition) is 3. The van der Waals surface area contributed by atoms with E-state index in [9.17, 15) is 29.7 Å². The highest BCUT2D eigenvalue weighted by molar-refractivity contribution is 5.87. The number of aliphatic hydroxyl groups is 3. The zero-order valence-corrected chi connectivity index (χ0v) is 26.6. The van der Waals surface area contributed by atoms with E-state index in [1.165, 1.54) is 19.1 Å². The zero-order valence-electron chi connectivity index (χ0n) is 26.6. The van der Waals surface area contributed by atoms with Crippen LogP contribution < -0.4 is 0 Å². The zero-order chi connectivity index (χ0) is 32.3. The average molecular weight is 611 g/mol. The lowest BCUT2D eigenvalue weighted by Crippen LogP contribution is -2.78. The van der Waals surface area contributed by atoms with Gasteiger partial charge in [0.2, 0.25) is 0 Å². The molecule has 10 heteroatoms. The summed E-state index contributed by atoms with van der Waals surface area (Å²) >= 11 is 0. The number of carbonyl (C=O) groups is 3. The third-order valence-electron chi connectivity index (χ3n) is 11.8. The molecule has 0 spiro atoms. The molecule has 1 heterocycles. The number of ketones is 1. The first-order valence-electron chi connectivity index (χ1n) is 15.6. The van der Waals surface area contributed by atoms with Crippen LogP contribution in [0.15, 0.2) is 48.1 Å². The molecule has 10 nitrogen and oxygen atoms in total. The Labute approximate surface area is 258 Å². The van der Waals surface area contributed by atoms with Crippen molar-refractivity contribution in [3.63, 3.8) is 0 Å². The summed E-state index contributed by atoms with van der Waals surface area (Å²) in [4.78, 5) is 42.8. The van der Waals surface area contributed by atoms with E-state index in [-0.39, 0.29) is 37.7 Å². The minimum absolute atomic E-state index is 0.0236. The van der Waals surface area contributed by atoms with Gasteiger partial charge < -0.3 is 29.4 Å². The van der Waals surface area contributed by atoms with E-state index >= 15 is 0 Å². The molecule has 0 saturated heterocycles. The molecule has 4 aliphatic rings. The summed E-state index contributed by atoms with van der Waals surface area (Å²) in [6.07, 6.45) is 11.5. The summed E-state index contributed by atoms with van der Waals surface area (Å²) in [5, 5.41) is 37.0. The van der Waals surface area contributed by atoms with Gasteiger partial charge in [0, 0.05) is 43.1 Å². The minimum atomic E-state index is -1.99. The molecule has 0 aromatic carbocycles. The number of imidazole rings is 1. The van der Waals surface area contributed by atoms with Gasteiger partial charge in [-0.05, 0) is 70.6 Å². The van der Waals surface area contributed by atoms with Crippen molar-refractivity contribution < 1.29 is 39.2 Å².